The zero-order valence-corrected chi connectivity index (χ0v) is 11.3. The van der Waals surface area contributed by atoms with Crippen molar-refractivity contribution in [2.45, 2.75) is 44.8 Å². The van der Waals surface area contributed by atoms with E-state index < -0.39 is 0 Å². The van der Waals surface area contributed by atoms with Gasteiger partial charge in [0.05, 0.1) is 6.10 Å². The van der Waals surface area contributed by atoms with Crippen molar-refractivity contribution < 1.29 is 9.13 Å². The second-order valence-electron chi connectivity index (χ2n) is 4.94. The molecule has 2 atom stereocenters. The molecule has 0 bridgehead atoms. The number of benzene rings is 1. The van der Waals surface area contributed by atoms with Gasteiger partial charge in [0, 0.05) is 17.7 Å². The average Bonchev–Trinajstić information content (AvgIpc) is 2.84. The Morgan fingerprint density at radius 1 is 1.56 bits per heavy atom. The van der Waals surface area contributed by atoms with Crippen LogP contribution in [0.4, 0.5) is 4.39 Å². The molecule has 1 aliphatic heterocycles. The molecular formula is C14H19ClFNO. The predicted molar refractivity (Wildman–Crippen MR) is 71.3 cm³/mol. The first-order valence-corrected chi connectivity index (χ1v) is 6.78. The van der Waals surface area contributed by atoms with Crippen molar-refractivity contribution in [1.82, 2.24) is 0 Å². The third-order valence-electron chi connectivity index (χ3n) is 3.50. The summed E-state index contributed by atoms with van der Waals surface area (Å²) in [5.74, 6) is -0.282. The van der Waals surface area contributed by atoms with Crippen molar-refractivity contribution in [3.63, 3.8) is 0 Å². The van der Waals surface area contributed by atoms with Crippen LogP contribution in [0.3, 0.4) is 0 Å². The smallest absolute Gasteiger partial charge is 0.127 e. The molecule has 0 aromatic heterocycles. The maximum absolute atomic E-state index is 13.3. The Balaban J connectivity index is 1.99. The first kappa shape index (κ1) is 13.8. The monoisotopic (exact) mass is 271 g/mol. The highest BCUT2D eigenvalue weighted by Gasteiger charge is 2.18. The van der Waals surface area contributed by atoms with Crippen LogP contribution < -0.4 is 5.73 Å². The predicted octanol–water partition coefficient (Wildman–Crippen LogP) is 3.75. The van der Waals surface area contributed by atoms with E-state index in [4.69, 9.17) is 22.1 Å². The van der Waals surface area contributed by atoms with Crippen LogP contribution in [-0.2, 0) is 4.74 Å². The highest BCUT2D eigenvalue weighted by Crippen LogP contribution is 2.29. The van der Waals surface area contributed by atoms with Gasteiger partial charge in [-0.1, -0.05) is 17.7 Å². The van der Waals surface area contributed by atoms with Crippen molar-refractivity contribution in [2.24, 2.45) is 5.73 Å². The molecule has 100 valence electrons. The van der Waals surface area contributed by atoms with E-state index in [0.29, 0.717) is 16.7 Å². The van der Waals surface area contributed by atoms with Crippen molar-refractivity contribution >= 4 is 11.6 Å². The van der Waals surface area contributed by atoms with Gasteiger partial charge in [-0.3, -0.25) is 0 Å². The van der Waals surface area contributed by atoms with E-state index in [1.165, 1.54) is 6.07 Å². The summed E-state index contributed by atoms with van der Waals surface area (Å²) in [6.45, 7) is 2.58. The van der Waals surface area contributed by atoms with Gasteiger partial charge in [-0.25, -0.2) is 4.39 Å². The van der Waals surface area contributed by atoms with E-state index in [2.05, 4.69) is 0 Å². The molecule has 0 aliphatic carbocycles. The van der Waals surface area contributed by atoms with Crippen molar-refractivity contribution in [3.05, 3.63) is 34.1 Å². The normalized spacial score (nSPS) is 21.2. The molecule has 0 spiro atoms. The molecule has 4 heteroatoms. The summed E-state index contributed by atoms with van der Waals surface area (Å²) in [6.07, 6.45) is 4.33. The molecule has 1 fully saturated rings. The van der Waals surface area contributed by atoms with E-state index in [0.717, 1.165) is 37.9 Å². The molecule has 0 radical (unpaired) electrons. The zero-order chi connectivity index (χ0) is 13.1. The SMILES string of the molecule is Cc1cc(C(N)CCC2CCCO2)c(Cl)cc1F. The lowest BCUT2D eigenvalue weighted by molar-refractivity contribution is 0.101. The van der Waals surface area contributed by atoms with Crippen LogP contribution in [0.2, 0.25) is 5.02 Å². The Labute approximate surface area is 112 Å². The quantitative estimate of drug-likeness (QED) is 0.905. The number of aryl methyl sites for hydroxylation is 1. The molecule has 2 rings (SSSR count). The Morgan fingerprint density at radius 3 is 3.00 bits per heavy atom. The highest BCUT2D eigenvalue weighted by atomic mass is 35.5. The summed E-state index contributed by atoms with van der Waals surface area (Å²) in [7, 11) is 0. The zero-order valence-electron chi connectivity index (χ0n) is 10.6. The lowest BCUT2D eigenvalue weighted by Gasteiger charge is -2.17. The van der Waals surface area contributed by atoms with Crippen LogP contribution in [0.5, 0.6) is 0 Å². The molecule has 2 N–H and O–H groups in total. The molecule has 18 heavy (non-hydrogen) atoms. The van der Waals surface area contributed by atoms with Crippen molar-refractivity contribution in [1.29, 1.82) is 0 Å². The average molecular weight is 272 g/mol. The lowest BCUT2D eigenvalue weighted by Crippen LogP contribution is -2.15. The maximum atomic E-state index is 13.3. The van der Waals surface area contributed by atoms with Gasteiger partial charge in [0.2, 0.25) is 0 Å². The van der Waals surface area contributed by atoms with Crippen LogP contribution in [0, 0.1) is 12.7 Å². The molecule has 2 unspecified atom stereocenters. The highest BCUT2D eigenvalue weighted by molar-refractivity contribution is 6.31. The van der Waals surface area contributed by atoms with Crippen LogP contribution in [0.15, 0.2) is 12.1 Å². The third-order valence-corrected chi connectivity index (χ3v) is 3.83. The van der Waals surface area contributed by atoms with E-state index in [-0.39, 0.29) is 11.9 Å². The summed E-state index contributed by atoms with van der Waals surface area (Å²) in [5, 5.41) is 0.415. The van der Waals surface area contributed by atoms with Gasteiger partial charge in [0.15, 0.2) is 0 Å². The van der Waals surface area contributed by atoms with Gasteiger partial charge in [0.1, 0.15) is 5.82 Å². The van der Waals surface area contributed by atoms with Gasteiger partial charge in [-0.2, -0.15) is 0 Å². The maximum Gasteiger partial charge on any atom is 0.127 e. The summed E-state index contributed by atoms with van der Waals surface area (Å²) in [5.41, 5.74) is 7.54. The fourth-order valence-corrected chi connectivity index (χ4v) is 2.65. The Morgan fingerprint density at radius 2 is 2.33 bits per heavy atom. The second-order valence-corrected chi connectivity index (χ2v) is 5.35. The summed E-state index contributed by atoms with van der Waals surface area (Å²) in [4.78, 5) is 0. The molecule has 2 nitrogen and oxygen atoms in total. The first-order valence-electron chi connectivity index (χ1n) is 6.40. The number of hydrogen-bond donors (Lipinski definition) is 1. The molecule has 1 aromatic rings. The molecular weight excluding hydrogens is 253 g/mol. The molecule has 0 saturated carbocycles. The Kier molecular flexibility index (Phi) is 4.60. The summed E-state index contributed by atoms with van der Waals surface area (Å²) in [6, 6.07) is 2.94. The minimum atomic E-state index is -0.282. The van der Waals surface area contributed by atoms with Crippen LogP contribution in [0.1, 0.15) is 42.9 Å². The Bertz CT molecular complexity index is 419. The van der Waals surface area contributed by atoms with E-state index >= 15 is 0 Å². The van der Waals surface area contributed by atoms with E-state index in [1.54, 1.807) is 13.0 Å². The van der Waals surface area contributed by atoms with Crippen LogP contribution >= 0.6 is 11.6 Å². The fraction of sp³-hybridized carbons (Fsp3) is 0.571. The molecule has 1 saturated heterocycles. The molecule has 1 aromatic carbocycles. The van der Waals surface area contributed by atoms with Crippen molar-refractivity contribution in [2.75, 3.05) is 6.61 Å². The van der Waals surface area contributed by atoms with Crippen LogP contribution in [-0.4, -0.2) is 12.7 Å². The minimum absolute atomic E-state index is 0.152. The standard InChI is InChI=1S/C14H19ClFNO/c1-9-7-11(12(15)8-13(9)16)14(17)5-4-10-3-2-6-18-10/h7-8,10,14H,2-6,17H2,1H3. The van der Waals surface area contributed by atoms with E-state index in [1.807, 2.05) is 0 Å². The fourth-order valence-electron chi connectivity index (χ4n) is 2.36. The van der Waals surface area contributed by atoms with Crippen molar-refractivity contribution in [3.8, 4) is 0 Å². The number of rotatable bonds is 4. The second kappa shape index (κ2) is 6.00. The largest absolute Gasteiger partial charge is 0.378 e. The first-order chi connectivity index (χ1) is 8.58. The number of hydrogen-bond acceptors (Lipinski definition) is 2. The molecule has 1 heterocycles. The van der Waals surface area contributed by atoms with Gasteiger partial charge < -0.3 is 10.5 Å². The summed E-state index contributed by atoms with van der Waals surface area (Å²) >= 11 is 6.04. The minimum Gasteiger partial charge on any atom is -0.378 e. The topological polar surface area (TPSA) is 35.2 Å². The summed E-state index contributed by atoms with van der Waals surface area (Å²) < 4.78 is 18.9. The molecule has 0 amide bonds. The van der Waals surface area contributed by atoms with E-state index in [9.17, 15) is 4.39 Å². The lowest BCUT2D eigenvalue weighted by atomic mass is 9.98. The van der Waals surface area contributed by atoms with Crippen LogP contribution in [0.25, 0.3) is 0 Å². The van der Waals surface area contributed by atoms with Gasteiger partial charge >= 0.3 is 0 Å². The van der Waals surface area contributed by atoms with Gasteiger partial charge in [-0.05, 0) is 49.8 Å². The molecule has 1 aliphatic rings. The van der Waals surface area contributed by atoms with Gasteiger partial charge in [-0.15, -0.1) is 0 Å². The van der Waals surface area contributed by atoms with Gasteiger partial charge in [0.25, 0.3) is 0 Å². The Hall–Kier alpha value is -0.640. The number of ether oxygens (including phenoxy) is 1. The number of halogens is 2. The third kappa shape index (κ3) is 3.22. The number of nitrogens with two attached hydrogens (primary N) is 1.